The molecule has 0 fully saturated rings. The molecule has 0 saturated heterocycles. The van der Waals surface area contributed by atoms with Gasteiger partial charge in [-0.2, -0.15) is 0 Å². The van der Waals surface area contributed by atoms with E-state index in [4.69, 9.17) is 0 Å². The van der Waals surface area contributed by atoms with Crippen LogP contribution in [0.4, 0.5) is 0 Å². The summed E-state index contributed by atoms with van der Waals surface area (Å²) in [6.45, 7) is 5.73. The van der Waals surface area contributed by atoms with Gasteiger partial charge in [-0.05, 0) is 0 Å². The second-order valence-corrected chi connectivity index (χ2v) is 3.77. The van der Waals surface area contributed by atoms with Gasteiger partial charge in [0.2, 0.25) is 0 Å². The molecular weight excluding hydrogens is 146 g/mol. The van der Waals surface area contributed by atoms with Crippen LogP contribution in [0, 0.1) is 0 Å². The van der Waals surface area contributed by atoms with Crippen LogP contribution < -0.4 is 0 Å². The first kappa shape index (κ1) is 5.82. The Bertz CT molecular complexity index is 33.9. The molecule has 0 spiro atoms. The van der Waals surface area contributed by atoms with Crippen molar-refractivity contribution in [1.82, 2.24) is 0 Å². The first-order valence-electron chi connectivity index (χ1n) is 1.60. The monoisotopic (exact) mass is 154 g/mol. The van der Waals surface area contributed by atoms with E-state index >= 15 is 0 Å². The van der Waals surface area contributed by atoms with Crippen LogP contribution in [0.1, 0.15) is 13.8 Å². The van der Waals surface area contributed by atoms with Crippen LogP contribution in [-0.2, 0) is 0 Å². The molecule has 2 heteroatoms. The van der Waals surface area contributed by atoms with Gasteiger partial charge in [-0.15, -0.1) is 0 Å². The van der Waals surface area contributed by atoms with Crippen molar-refractivity contribution in [2.75, 3.05) is 0 Å². The Morgan fingerprint density at radius 1 is 1.60 bits per heavy atom. The first-order valence-corrected chi connectivity index (χ1v) is 4.78. The molecule has 0 aromatic rings. The predicted octanol–water partition coefficient (Wildman–Crippen LogP) is 1.42. The SMILES string of the molecule is CC(C)P=[Se]. The van der Waals surface area contributed by atoms with E-state index in [1.807, 2.05) is 0 Å². The molecule has 0 rings (SSSR count). The van der Waals surface area contributed by atoms with Gasteiger partial charge < -0.3 is 0 Å². The van der Waals surface area contributed by atoms with Crippen LogP contribution in [0.25, 0.3) is 0 Å². The zero-order chi connectivity index (χ0) is 4.28. The van der Waals surface area contributed by atoms with Crippen LogP contribution in [0.3, 0.4) is 0 Å². The van der Waals surface area contributed by atoms with Crippen molar-refractivity contribution in [2.24, 2.45) is 0 Å². The van der Waals surface area contributed by atoms with Crippen molar-refractivity contribution in [3.05, 3.63) is 0 Å². The second-order valence-electron chi connectivity index (χ2n) is 1.20. The topological polar surface area (TPSA) is 0 Å². The molecule has 0 bridgehead atoms. The van der Waals surface area contributed by atoms with Gasteiger partial charge in [0.15, 0.2) is 0 Å². The Kier molecular flexibility index (Phi) is 3.52. The fourth-order valence-electron chi connectivity index (χ4n) is 0. The summed E-state index contributed by atoms with van der Waals surface area (Å²) < 4.78 is 0. The predicted molar refractivity (Wildman–Crippen MR) is 27.8 cm³/mol. The molecule has 0 N–H and O–H groups in total. The quantitative estimate of drug-likeness (QED) is 0.394. The maximum absolute atomic E-state index is 2.91. The fourth-order valence-corrected chi connectivity index (χ4v) is 0. The molecule has 0 aromatic carbocycles. The van der Waals surface area contributed by atoms with Crippen LogP contribution in [0.15, 0.2) is 0 Å². The van der Waals surface area contributed by atoms with Crippen LogP contribution in [0.2, 0.25) is 0 Å². The van der Waals surface area contributed by atoms with Crippen molar-refractivity contribution < 1.29 is 0 Å². The van der Waals surface area contributed by atoms with Gasteiger partial charge in [0.25, 0.3) is 0 Å². The number of hydrogen-bond donors (Lipinski definition) is 0. The zero-order valence-corrected chi connectivity index (χ0v) is 6.04. The molecule has 0 unspecified atom stereocenters. The third-order valence-electron chi connectivity index (χ3n) is 0.211. The van der Waals surface area contributed by atoms with Gasteiger partial charge in [0.05, 0.1) is 0 Å². The number of rotatable bonds is 1. The van der Waals surface area contributed by atoms with Gasteiger partial charge in [0, 0.05) is 0 Å². The third kappa shape index (κ3) is 4.82. The molecule has 0 aliphatic rings. The minimum absolute atomic E-state index is 0.801. The fraction of sp³-hybridized carbons (Fsp3) is 1.00. The van der Waals surface area contributed by atoms with Gasteiger partial charge >= 0.3 is 41.4 Å². The van der Waals surface area contributed by atoms with Crippen molar-refractivity contribution in [3.8, 4) is 0 Å². The summed E-state index contributed by atoms with van der Waals surface area (Å²) in [6, 6.07) is 0. The molecular formula is C3H7PSe. The van der Waals surface area contributed by atoms with E-state index < -0.39 is 0 Å². The summed E-state index contributed by atoms with van der Waals surface area (Å²) >= 11 is 2.91. The normalized spacial score (nSPS) is 10.2. The van der Waals surface area contributed by atoms with E-state index in [2.05, 4.69) is 28.9 Å². The molecule has 0 aliphatic carbocycles. The second kappa shape index (κ2) is 3.03. The first-order chi connectivity index (χ1) is 2.27. The van der Waals surface area contributed by atoms with Crippen LogP contribution in [-0.4, -0.2) is 20.8 Å². The molecule has 5 heavy (non-hydrogen) atoms. The van der Waals surface area contributed by atoms with E-state index in [1.165, 1.54) is 6.83 Å². The minimum atomic E-state index is 0.801. The molecule has 0 saturated carbocycles. The van der Waals surface area contributed by atoms with E-state index in [-0.39, 0.29) is 0 Å². The van der Waals surface area contributed by atoms with Crippen LogP contribution in [0.5, 0.6) is 0 Å². The number of hydrogen-bond acceptors (Lipinski definition) is 0. The molecule has 0 nitrogen and oxygen atoms in total. The summed E-state index contributed by atoms with van der Waals surface area (Å²) in [5, 5.41) is 0. The van der Waals surface area contributed by atoms with Crippen molar-refractivity contribution >= 4 is 21.9 Å². The maximum atomic E-state index is 2.91. The summed E-state index contributed by atoms with van der Waals surface area (Å²) in [5.74, 6) is 0. The molecule has 0 amide bonds. The molecule has 0 aliphatic heterocycles. The van der Waals surface area contributed by atoms with Crippen molar-refractivity contribution in [3.63, 3.8) is 0 Å². The zero-order valence-electron chi connectivity index (χ0n) is 3.43. The molecule has 30 valence electrons. The Hall–Kier alpha value is 0.819. The van der Waals surface area contributed by atoms with Gasteiger partial charge in [-0.3, -0.25) is 0 Å². The van der Waals surface area contributed by atoms with E-state index in [0.29, 0.717) is 0 Å². The average molecular weight is 153 g/mol. The summed E-state index contributed by atoms with van der Waals surface area (Å²) in [5.41, 5.74) is 0.801. The van der Waals surface area contributed by atoms with Gasteiger partial charge in [-0.1, -0.05) is 0 Å². The van der Waals surface area contributed by atoms with Crippen molar-refractivity contribution in [2.45, 2.75) is 19.5 Å². The average Bonchev–Trinajstić information content (AvgIpc) is 1.38. The Morgan fingerprint density at radius 2 is 1.80 bits per heavy atom. The van der Waals surface area contributed by atoms with Gasteiger partial charge in [0.1, 0.15) is 0 Å². The van der Waals surface area contributed by atoms with E-state index in [1.54, 1.807) is 0 Å². The molecule has 0 heterocycles. The summed E-state index contributed by atoms with van der Waals surface area (Å²) in [6.07, 6.45) is 0. The standard InChI is InChI=1S/C3H7PSe/c1-3(2)4-5/h3H,1-2H3. The summed E-state index contributed by atoms with van der Waals surface area (Å²) in [4.78, 5) is 0. The van der Waals surface area contributed by atoms with E-state index in [9.17, 15) is 0 Å². The van der Waals surface area contributed by atoms with Crippen LogP contribution >= 0.6 is 6.83 Å². The molecule has 0 radical (unpaired) electrons. The molecule has 0 atom stereocenters. The Labute approximate surface area is 42.0 Å². The van der Waals surface area contributed by atoms with Crippen molar-refractivity contribution in [1.29, 1.82) is 0 Å². The Morgan fingerprint density at radius 3 is 1.80 bits per heavy atom. The Balaban J connectivity index is 2.83. The van der Waals surface area contributed by atoms with E-state index in [0.717, 1.165) is 5.66 Å². The van der Waals surface area contributed by atoms with Gasteiger partial charge in [-0.25, -0.2) is 0 Å². The molecule has 0 aromatic heterocycles. The third-order valence-corrected chi connectivity index (χ3v) is 3.29. The summed E-state index contributed by atoms with van der Waals surface area (Å²) in [7, 11) is 0.